The van der Waals surface area contributed by atoms with Crippen LogP contribution in [-0.4, -0.2) is 23.7 Å². The number of carboxylic acid groups (broad SMARTS) is 1. The molecule has 1 aromatic rings. The number of carbonyl (C=O) groups is 2. The summed E-state index contributed by atoms with van der Waals surface area (Å²) >= 11 is 0. The maximum absolute atomic E-state index is 10.8. The van der Waals surface area contributed by atoms with Crippen LogP contribution in [0.2, 0.25) is 0 Å². The average molecular weight is 222 g/mol. The molecule has 5 nitrogen and oxygen atoms in total. The van der Waals surface area contributed by atoms with E-state index in [4.69, 9.17) is 14.6 Å². The van der Waals surface area contributed by atoms with Gasteiger partial charge in [-0.2, -0.15) is 0 Å². The Bertz CT molecular complexity index is 452. The zero-order chi connectivity index (χ0) is 11.7. The number of hydrogen-bond acceptors (Lipinski definition) is 4. The second kappa shape index (κ2) is 3.84. The van der Waals surface area contributed by atoms with Gasteiger partial charge < -0.3 is 14.6 Å². The van der Waals surface area contributed by atoms with Crippen molar-refractivity contribution in [2.45, 2.75) is 13.0 Å². The summed E-state index contributed by atoms with van der Waals surface area (Å²) in [6, 6.07) is 4.50. The Morgan fingerprint density at radius 3 is 2.88 bits per heavy atom. The lowest BCUT2D eigenvalue weighted by molar-refractivity contribution is -0.147. The molecule has 0 saturated carbocycles. The Kier molecular flexibility index (Phi) is 2.52. The number of aromatic carboxylic acids is 1. The molecule has 0 aliphatic carbocycles. The molecular weight excluding hydrogens is 212 g/mol. The Hall–Kier alpha value is -2.04. The molecule has 1 unspecified atom stereocenters. The van der Waals surface area contributed by atoms with Crippen LogP contribution in [0.1, 0.15) is 28.9 Å². The largest absolute Gasteiger partial charge is 0.489 e. The number of carboxylic acids is 1. The molecule has 2 rings (SSSR count). The third-order valence-electron chi connectivity index (χ3n) is 2.30. The van der Waals surface area contributed by atoms with Crippen LogP contribution in [0.3, 0.4) is 0 Å². The van der Waals surface area contributed by atoms with Gasteiger partial charge >= 0.3 is 11.9 Å². The lowest BCUT2D eigenvalue weighted by atomic mass is 10.1. The van der Waals surface area contributed by atoms with Crippen molar-refractivity contribution in [3.63, 3.8) is 0 Å². The van der Waals surface area contributed by atoms with Crippen LogP contribution in [0.4, 0.5) is 0 Å². The smallest absolute Gasteiger partial charge is 0.335 e. The van der Waals surface area contributed by atoms with E-state index in [2.05, 4.69) is 0 Å². The number of ether oxygens (including phenoxy) is 2. The van der Waals surface area contributed by atoms with E-state index in [1.54, 1.807) is 6.07 Å². The second-order valence-corrected chi connectivity index (χ2v) is 3.47. The summed E-state index contributed by atoms with van der Waals surface area (Å²) in [5.41, 5.74) is 0.761. The van der Waals surface area contributed by atoms with Gasteiger partial charge in [0, 0.05) is 12.5 Å². The van der Waals surface area contributed by atoms with E-state index in [0.29, 0.717) is 11.3 Å². The summed E-state index contributed by atoms with van der Waals surface area (Å²) < 4.78 is 10.3. The van der Waals surface area contributed by atoms with Gasteiger partial charge in [-0.05, 0) is 18.2 Å². The molecule has 5 heteroatoms. The van der Waals surface area contributed by atoms with Gasteiger partial charge in [-0.25, -0.2) is 4.79 Å². The molecule has 1 heterocycles. The molecule has 0 aromatic heterocycles. The number of rotatable bonds is 2. The van der Waals surface area contributed by atoms with E-state index in [0.717, 1.165) is 0 Å². The van der Waals surface area contributed by atoms with Crippen LogP contribution in [0.5, 0.6) is 5.75 Å². The fraction of sp³-hybridized carbons (Fsp3) is 0.273. The first-order valence-corrected chi connectivity index (χ1v) is 4.75. The third kappa shape index (κ3) is 1.84. The van der Waals surface area contributed by atoms with Gasteiger partial charge in [-0.1, -0.05) is 0 Å². The molecule has 1 atom stereocenters. The minimum absolute atomic E-state index is 0.154. The van der Waals surface area contributed by atoms with Crippen molar-refractivity contribution in [1.29, 1.82) is 0 Å². The zero-order valence-electron chi connectivity index (χ0n) is 8.60. The first-order valence-electron chi connectivity index (χ1n) is 4.75. The van der Waals surface area contributed by atoms with Crippen molar-refractivity contribution in [2.24, 2.45) is 0 Å². The fourth-order valence-electron chi connectivity index (χ4n) is 1.62. The highest BCUT2D eigenvalue weighted by Crippen LogP contribution is 2.35. The molecule has 0 amide bonds. The number of hydrogen-bond donors (Lipinski definition) is 1. The molecule has 1 N–H and O–H groups in total. The van der Waals surface area contributed by atoms with E-state index in [1.807, 2.05) is 0 Å². The minimum Gasteiger partial charge on any atom is -0.489 e. The van der Waals surface area contributed by atoms with Crippen molar-refractivity contribution in [3.8, 4) is 5.75 Å². The van der Waals surface area contributed by atoms with Crippen LogP contribution in [0.15, 0.2) is 18.2 Å². The normalized spacial score (nSPS) is 17.4. The first kappa shape index (κ1) is 10.5. The van der Waals surface area contributed by atoms with Crippen LogP contribution in [-0.2, 0) is 9.53 Å². The van der Waals surface area contributed by atoms with Crippen molar-refractivity contribution < 1.29 is 24.2 Å². The highest BCUT2D eigenvalue weighted by molar-refractivity contribution is 5.88. The highest BCUT2D eigenvalue weighted by atomic mass is 16.6. The molecule has 1 aliphatic heterocycles. The highest BCUT2D eigenvalue weighted by Gasteiger charge is 2.27. The number of benzene rings is 1. The van der Waals surface area contributed by atoms with Gasteiger partial charge in [0.1, 0.15) is 12.4 Å². The van der Waals surface area contributed by atoms with E-state index < -0.39 is 18.0 Å². The van der Waals surface area contributed by atoms with Crippen LogP contribution >= 0.6 is 0 Å². The van der Waals surface area contributed by atoms with Gasteiger partial charge in [0.15, 0.2) is 6.10 Å². The fourth-order valence-corrected chi connectivity index (χ4v) is 1.62. The van der Waals surface area contributed by atoms with Gasteiger partial charge in [-0.3, -0.25) is 4.79 Å². The Morgan fingerprint density at radius 1 is 1.50 bits per heavy atom. The summed E-state index contributed by atoms with van der Waals surface area (Å²) in [5, 5.41) is 8.84. The van der Waals surface area contributed by atoms with Gasteiger partial charge in [-0.15, -0.1) is 0 Å². The Labute approximate surface area is 91.6 Å². The first-order chi connectivity index (χ1) is 7.58. The number of esters is 1. The summed E-state index contributed by atoms with van der Waals surface area (Å²) in [5.74, 6) is -0.866. The average Bonchev–Trinajstić information content (AvgIpc) is 2.60. The van der Waals surface area contributed by atoms with E-state index in [1.165, 1.54) is 19.1 Å². The lowest BCUT2D eigenvalue weighted by Gasteiger charge is -2.08. The Morgan fingerprint density at radius 2 is 2.25 bits per heavy atom. The van der Waals surface area contributed by atoms with Crippen LogP contribution in [0, 0.1) is 0 Å². The molecule has 84 valence electrons. The predicted octanol–water partition coefficient (Wildman–Crippen LogP) is 1.38. The molecule has 0 radical (unpaired) electrons. The van der Waals surface area contributed by atoms with E-state index in [-0.39, 0.29) is 12.2 Å². The predicted molar refractivity (Wildman–Crippen MR) is 53.4 cm³/mol. The number of fused-ring (bicyclic) bond motifs is 1. The van der Waals surface area contributed by atoms with Crippen LogP contribution in [0.25, 0.3) is 0 Å². The maximum Gasteiger partial charge on any atom is 0.335 e. The zero-order valence-corrected chi connectivity index (χ0v) is 8.60. The van der Waals surface area contributed by atoms with Crippen molar-refractivity contribution in [1.82, 2.24) is 0 Å². The molecule has 1 aromatic carbocycles. The second-order valence-electron chi connectivity index (χ2n) is 3.47. The molecule has 0 bridgehead atoms. The molecule has 1 aliphatic rings. The van der Waals surface area contributed by atoms with E-state index in [9.17, 15) is 9.59 Å². The van der Waals surface area contributed by atoms with Crippen molar-refractivity contribution in [2.75, 3.05) is 6.61 Å². The van der Waals surface area contributed by atoms with Crippen molar-refractivity contribution in [3.05, 3.63) is 29.3 Å². The minimum atomic E-state index is -1.02. The Balaban J connectivity index is 2.33. The summed E-state index contributed by atoms with van der Waals surface area (Å²) in [4.78, 5) is 21.6. The topological polar surface area (TPSA) is 72.8 Å². The summed E-state index contributed by atoms with van der Waals surface area (Å²) in [6.45, 7) is 1.54. The molecule has 0 fully saturated rings. The van der Waals surface area contributed by atoms with Gasteiger partial charge in [0.25, 0.3) is 0 Å². The standard InChI is InChI=1S/C11H10O5/c1-6(12)16-10-5-15-9-3-2-7(11(13)14)4-8(9)10/h2-4,10H,5H2,1H3,(H,13,14). The third-order valence-corrected chi connectivity index (χ3v) is 2.30. The molecule has 16 heavy (non-hydrogen) atoms. The SMILES string of the molecule is CC(=O)OC1COc2ccc(C(=O)O)cc21. The quantitative estimate of drug-likeness (QED) is 0.765. The number of carbonyl (C=O) groups excluding carboxylic acids is 1. The maximum atomic E-state index is 10.8. The summed E-state index contributed by atoms with van der Waals surface area (Å²) in [7, 11) is 0. The van der Waals surface area contributed by atoms with E-state index >= 15 is 0 Å². The monoisotopic (exact) mass is 222 g/mol. The molecule has 0 spiro atoms. The van der Waals surface area contributed by atoms with Gasteiger partial charge in [0.2, 0.25) is 0 Å². The molecule has 0 saturated heterocycles. The van der Waals surface area contributed by atoms with Gasteiger partial charge in [0.05, 0.1) is 5.56 Å². The van der Waals surface area contributed by atoms with Crippen LogP contribution < -0.4 is 4.74 Å². The molecular formula is C11H10O5. The lowest BCUT2D eigenvalue weighted by Crippen LogP contribution is -2.09. The van der Waals surface area contributed by atoms with Crippen molar-refractivity contribution >= 4 is 11.9 Å². The summed E-state index contributed by atoms with van der Waals surface area (Å²) in [6.07, 6.45) is -0.508.